The normalized spacial score (nSPS) is 18.1. The number of nitrogens with zero attached hydrogens (tertiary/aromatic N) is 4. The second-order valence-corrected chi connectivity index (χ2v) is 7.29. The van der Waals surface area contributed by atoms with E-state index in [9.17, 15) is 24.0 Å². The van der Waals surface area contributed by atoms with E-state index in [0.29, 0.717) is 24.7 Å². The average molecular weight is 419 g/mol. The van der Waals surface area contributed by atoms with Crippen LogP contribution in [0.3, 0.4) is 0 Å². The van der Waals surface area contributed by atoms with E-state index in [1.165, 1.54) is 4.90 Å². The Hall–Kier alpha value is -2.53. The van der Waals surface area contributed by atoms with Gasteiger partial charge in [0.25, 0.3) is 11.8 Å². The molecule has 2 fully saturated rings. The molecule has 29 heavy (non-hydrogen) atoms. The van der Waals surface area contributed by atoms with Crippen LogP contribution in [0.1, 0.15) is 25.7 Å². The van der Waals surface area contributed by atoms with Crippen molar-refractivity contribution < 1.29 is 28.8 Å². The second-order valence-electron chi connectivity index (χ2n) is 7.29. The van der Waals surface area contributed by atoms with Gasteiger partial charge >= 0.3 is 5.97 Å². The Morgan fingerprint density at radius 1 is 1.03 bits per heavy atom. The highest BCUT2D eigenvalue weighted by Crippen LogP contribution is 2.13. The van der Waals surface area contributed by atoms with E-state index in [4.69, 9.17) is 4.84 Å². The van der Waals surface area contributed by atoms with Crippen molar-refractivity contribution in [3.8, 4) is 0 Å². The molecule has 2 rings (SSSR count). The Morgan fingerprint density at radius 3 is 2.28 bits per heavy atom. The number of imide groups is 1. The van der Waals surface area contributed by atoms with Gasteiger partial charge in [-0.25, -0.2) is 4.79 Å². The summed E-state index contributed by atoms with van der Waals surface area (Å²) in [6.45, 7) is 4.55. The Balaban J connectivity index is 1.58. The maximum absolute atomic E-state index is 12.1. The molecular formula is C18H29N5O6. The van der Waals surface area contributed by atoms with Crippen molar-refractivity contribution in [1.82, 2.24) is 25.1 Å². The SMILES string of the molecule is CN(CCNC(=O)[13CH2][15N]1CC[15N]([13CH3])[13CH2][13CH2]1)[13C](=O)CC[13C](=O)ON1C(=O)CCC1=O. The maximum atomic E-state index is 12.1. The zero-order valence-corrected chi connectivity index (χ0v) is 17.0. The largest absolute Gasteiger partial charge is 0.353 e. The number of carbonyl (C=O) groups is 5. The third-order valence-electron chi connectivity index (χ3n) is 4.90. The molecule has 1 N–H and O–H groups in total. The van der Waals surface area contributed by atoms with Gasteiger partial charge in [-0.2, -0.15) is 0 Å². The molecule has 2 saturated heterocycles. The van der Waals surface area contributed by atoms with E-state index in [2.05, 4.69) is 22.2 Å². The molecule has 0 unspecified atom stereocenters. The lowest BCUT2D eigenvalue weighted by Gasteiger charge is -2.31. The molecule has 0 aliphatic carbocycles. The van der Waals surface area contributed by atoms with Crippen molar-refractivity contribution in [3.05, 3.63) is 0 Å². The third-order valence-corrected chi connectivity index (χ3v) is 4.90. The van der Waals surface area contributed by atoms with Crippen LogP contribution in [0, 0.1) is 0 Å². The fraction of sp³-hybridized carbons (Fsp3) is 0.722. The minimum absolute atomic E-state index is 0.0221. The fourth-order valence-corrected chi connectivity index (χ4v) is 2.96. The first-order valence-corrected chi connectivity index (χ1v) is 9.74. The molecule has 2 aliphatic heterocycles. The standard InChI is InChI=1S/C18H29N5O6/c1-20-9-11-22(12-10-20)13-14(24)19-7-8-21(2)15(25)5-6-18(28)29-23-16(26)3-4-17(23)27/h3-13H2,1-2H3,(H,19,24)/i1+1,9+1,11+1,13+1,15+1,18+1,20+1,22+1. The van der Waals surface area contributed by atoms with Gasteiger partial charge in [0.2, 0.25) is 11.8 Å². The lowest BCUT2D eigenvalue weighted by molar-refractivity contribution is -0.197. The maximum Gasteiger partial charge on any atom is 0.333 e. The quantitative estimate of drug-likeness (QED) is 0.264. The number of carbonyl (C=O) groups excluding carboxylic acids is 5. The number of nitrogens with one attached hydrogen (secondary N) is 1. The summed E-state index contributed by atoms with van der Waals surface area (Å²) in [5.41, 5.74) is 0. The van der Waals surface area contributed by atoms with E-state index in [0.717, 1.165) is 26.2 Å². The van der Waals surface area contributed by atoms with Crippen molar-refractivity contribution in [2.24, 2.45) is 0 Å². The van der Waals surface area contributed by atoms with E-state index in [1.54, 1.807) is 7.05 Å². The highest BCUT2D eigenvalue weighted by atomic mass is 16.8. The van der Waals surface area contributed by atoms with Gasteiger partial charge in [0, 0.05) is 65.6 Å². The minimum atomic E-state index is -0.809. The summed E-state index contributed by atoms with van der Waals surface area (Å²) in [6.07, 6.45) is -0.306. The number of amides is 4. The summed E-state index contributed by atoms with van der Waals surface area (Å²) >= 11 is 0. The van der Waals surface area contributed by atoms with Crippen molar-refractivity contribution in [1.29, 1.82) is 0 Å². The van der Waals surface area contributed by atoms with Gasteiger partial charge in [-0.05, 0) is 7.05 Å². The molecule has 0 aromatic carbocycles. The molecule has 2 heterocycles. The molecule has 11 heteroatoms. The molecule has 162 valence electrons. The van der Waals surface area contributed by atoms with Crippen LogP contribution >= 0.6 is 0 Å². The number of likely N-dealkylation sites (N-methyl/N-ethyl adjacent to an activating group) is 2. The first kappa shape index (κ1) is 22.8. The Bertz CT molecular complexity index is 631. The van der Waals surface area contributed by atoms with E-state index in [-0.39, 0.29) is 37.5 Å². The summed E-state index contributed by atoms with van der Waals surface area (Å²) < 4.78 is 0. The molecule has 0 aromatic rings. The summed E-state index contributed by atoms with van der Waals surface area (Å²) in [4.78, 5) is 69.0. The highest BCUT2D eigenvalue weighted by Gasteiger charge is 2.32. The van der Waals surface area contributed by atoms with Crippen LogP contribution < -0.4 is 5.32 Å². The molecule has 0 bridgehead atoms. The van der Waals surface area contributed by atoms with Crippen LogP contribution in [0.2, 0.25) is 0 Å². The molecule has 4 amide bonds. The molecule has 0 spiro atoms. The van der Waals surface area contributed by atoms with Gasteiger partial charge in [0.15, 0.2) is 0 Å². The number of rotatable bonds is 9. The number of hydrogen-bond acceptors (Lipinski definition) is 8. The van der Waals surface area contributed by atoms with Crippen molar-refractivity contribution in [3.63, 3.8) is 0 Å². The van der Waals surface area contributed by atoms with Crippen molar-refractivity contribution in [2.45, 2.75) is 25.7 Å². The van der Waals surface area contributed by atoms with Crippen LogP contribution in [0.25, 0.3) is 0 Å². The zero-order chi connectivity index (χ0) is 21.4. The summed E-state index contributed by atoms with van der Waals surface area (Å²) in [5.74, 6) is -2.30. The molecule has 0 radical (unpaired) electrons. The van der Waals surface area contributed by atoms with Crippen LogP contribution in [0.15, 0.2) is 0 Å². The summed E-state index contributed by atoms with van der Waals surface area (Å²) in [6, 6.07) is 0. The first-order valence-electron chi connectivity index (χ1n) is 9.74. The van der Waals surface area contributed by atoms with Gasteiger partial charge < -0.3 is 20.0 Å². The Labute approximate surface area is 169 Å². The van der Waals surface area contributed by atoms with Crippen LogP contribution in [-0.4, -0.2) is 109 Å². The number of hydrogen-bond donors (Lipinski definition) is 1. The number of piperazine rings is 1. The monoisotopic (exact) mass is 419 g/mol. The van der Waals surface area contributed by atoms with Gasteiger partial charge in [0.1, 0.15) is 0 Å². The molecular weight excluding hydrogens is 390 g/mol. The lowest BCUT2D eigenvalue weighted by Crippen LogP contribution is -2.48. The van der Waals surface area contributed by atoms with Gasteiger partial charge in [-0.1, -0.05) is 0 Å². The van der Waals surface area contributed by atoms with Crippen molar-refractivity contribution >= 4 is 29.6 Å². The van der Waals surface area contributed by atoms with Crippen LogP contribution in [-0.2, 0) is 28.8 Å². The molecule has 2 aliphatic rings. The molecule has 11 nitrogen and oxygen atoms in total. The minimum Gasteiger partial charge on any atom is -0.353 e. The lowest BCUT2D eigenvalue weighted by atomic mass is 10.4. The van der Waals surface area contributed by atoms with Gasteiger partial charge in [0.05, 0.1) is 13.0 Å². The van der Waals surface area contributed by atoms with Gasteiger partial charge in [-0.3, -0.25) is 24.1 Å². The second kappa shape index (κ2) is 10.9. The van der Waals surface area contributed by atoms with Gasteiger partial charge in [-0.15, -0.1) is 5.06 Å². The van der Waals surface area contributed by atoms with Crippen LogP contribution in [0.5, 0.6) is 0 Å². The Morgan fingerprint density at radius 2 is 1.66 bits per heavy atom. The fourth-order valence-electron chi connectivity index (χ4n) is 2.96. The predicted octanol–water partition coefficient (Wildman–Crippen LogP) is -1.80. The third kappa shape index (κ3) is 7.42. The molecule has 0 atom stereocenters. The van der Waals surface area contributed by atoms with Crippen molar-refractivity contribution in [2.75, 3.05) is 59.9 Å². The first-order chi connectivity index (χ1) is 13.8. The highest BCUT2D eigenvalue weighted by molar-refractivity contribution is 6.01. The zero-order valence-electron chi connectivity index (χ0n) is 17.0. The summed E-state index contributed by atoms with van der Waals surface area (Å²) in [5, 5.41) is 3.25. The smallest absolute Gasteiger partial charge is 0.333 e. The van der Waals surface area contributed by atoms with Crippen LogP contribution in [0.4, 0.5) is 0 Å². The van der Waals surface area contributed by atoms with E-state index in [1.807, 2.05) is 0 Å². The van der Waals surface area contributed by atoms with E-state index >= 15 is 0 Å². The topological polar surface area (TPSA) is 120 Å². The Kier molecular flexibility index (Phi) is 8.52. The average Bonchev–Trinajstić information content (AvgIpc) is 2.99. The van der Waals surface area contributed by atoms with E-state index < -0.39 is 17.8 Å². The molecule has 0 aromatic heterocycles. The predicted molar refractivity (Wildman–Crippen MR) is 101 cm³/mol. The number of hydroxylamine groups is 2. The summed E-state index contributed by atoms with van der Waals surface area (Å²) in [7, 11) is 3.63. The molecule has 0 saturated carbocycles.